The minimum absolute atomic E-state index is 0.555. The van der Waals surface area contributed by atoms with Crippen LogP contribution in [0.5, 0.6) is 0 Å². The van der Waals surface area contributed by atoms with Gasteiger partial charge in [-0.3, -0.25) is 0 Å². The largest absolute Gasteiger partial charge is 0.143 e. The van der Waals surface area contributed by atoms with E-state index in [2.05, 4.69) is 46.8 Å². The smallest absolute Gasteiger partial charge is 0.0110 e. The lowest BCUT2D eigenvalue weighted by molar-refractivity contribution is 0.607. The van der Waals surface area contributed by atoms with Gasteiger partial charge in [0.15, 0.2) is 0 Å². The lowest BCUT2D eigenvalue weighted by Crippen LogP contribution is -2.00. The lowest BCUT2D eigenvalue weighted by atomic mass is 9.91. The first-order valence-electron chi connectivity index (χ1n) is 8.83. The molecule has 1 aromatic carbocycles. The van der Waals surface area contributed by atoms with Crippen LogP contribution in [-0.4, -0.2) is 0 Å². The average Bonchev–Trinajstić information content (AvgIpc) is 2.43. The van der Waals surface area contributed by atoms with Crippen LogP contribution in [0, 0.1) is 0 Å². The van der Waals surface area contributed by atoms with Crippen molar-refractivity contribution in [2.45, 2.75) is 96.3 Å². The summed E-state index contributed by atoms with van der Waals surface area (Å²) in [5, 5.41) is 0. The minimum Gasteiger partial charge on any atom is -0.143 e. The molecule has 0 saturated carbocycles. The SMILES string of the molecule is CCCCCCCCc1cc(C(C)C)c(S)c(C(C)C)c1. The Balaban J connectivity index is 2.69. The van der Waals surface area contributed by atoms with Gasteiger partial charge in [0.05, 0.1) is 0 Å². The van der Waals surface area contributed by atoms with E-state index in [1.54, 1.807) is 0 Å². The molecule has 0 aromatic heterocycles. The van der Waals surface area contributed by atoms with E-state index in [1.807, 2.05) is 0 Å². The predicted molar refractivity (Wildman–Crippen MR) is 99.0 cm³/mol. The van der Waals surface area contributed by atoms with Crippen LogP contribution in [-0.2, 0) is 6.42 Å². The van der Waals surface area contributed by atoms with Crippen molar-refractivity contribution in [1.29, 1.82) is 0 Å². The molecule has 120 valence electrons. The first-order valence-corrected chi connectivity index (χ1v) is 9.27. The van der Waals surface area contributed by atoms with Crippen molar-refractivity contribution in [2.24, 2.45) is 0 Å². The molecule has 0 nitrogen and oxygen atoms in total. The van der Waals surface area contributed by atoms with Gasteiger partial charge in [-0.2, -0.15) is 0 Å². The molecule has 0 saturated heterocycles. The van der Waals surface area contributed by atoms with Crippen LogP contribution in [0.4, 0.5) is 0 Å². The summed E-state index contributed by atoms with van der Waals surface area (Å²) in [4.78, 5) is 1.21. The van der Waals surface area contributed by atoms with Crippen molar-refractivity contribution in [2.75, 3.05) is 0 Å². The summed E-state index contributed by atoms with van der Waals surface area (Å²) >= 11 is 4.79. The third-order valence-corrected chi connectivity index (χ3v) is 4.81. The van der Waals surface area contributed by atoms with Crippen LogP contribution in [0.25, 0.3) is 0 Å². The number of unbranched alkanes of at least 4 members (excludes halogenated alkanes) is 5. The van der Waals surface area contributed by atoms with Crippen LogP contribution in [0.2, 0.25) is 0 Å². The molecule has 0 amide bonds. The van der Waals surface area contributed by atoms with Gasteiger partial charge in [0.1, 0.15) is 0 Å². The van der Waals surface area contributed by atoms with Gasteiger partial charge in [0, 0.05) is 4.90 Å². The monoisotopic (exact) mass is 306 g/mol. The van der Waals surface area contributed by atoms with Crippen molar-refractivity contribution < 1.29 is 0 Å². The van der Waals surface area contributed by atoms with E-state index >= 15 is 0 Å². The van der Waals surface area contributed by atoms with Crippen LogP contribution >= 0.6 is 12.6 Å². The van der Waals surface area contributed by atoms with Gasteiger partial charge in [-0.1, -0.05) is 78.9 Å². The Morgan fingerprint density at radius 1 is 0.810 bits per heavy atom. The highest BCUT2D eigenvalue weighted by atomic mass is 32.1. The Morgan fingerprint density at radius 2 is 1.29 bits per heavy atom. The highest BCUT2D eigenvalue weighted by Crippen LogP contribution is 2.32. The third kappa shape index (κ3) is 6.06. The van der Waals surface area contributed by atoms with Gasteiger partial charge in [0.2, 0.25) is 0 Å². The molecule has 1 aromatic rings. The van der Waals surface area contributed by atoms with Crippen LogP contribution < -0.4 is 0 Å². The fourth-order valence-corrected chi connectivity index (χ4v) is 3.52. The second kappa shape index (κ2) is 9.56. The molecule has 21 heavy (non-hydrogen) atoms. The third-order valence-electron chi connectivity index (χ3n) is 4.29. The summed E-state index contributed by atoms with van der Waals surface area (Å²) in [6.07, 6.45) is 9.44. The summed E-state index contributed by atoms with van der Waals surface area (Å²) in [6.45, 7) is 11.4. The second-order valence-electron chi connectivity index (χ2n) is 6.95. The van der Waals surface area contributed by atoms with Crippen molar-refractivity contribution in [3.63, 3.8) is 0 Å². The Bertz CT molecular complexity index is 389. The molecule has 1 heteroatoms. The Morgan fingerprint density at radius 3 is 1.76 bits per heavy atom. The predicted octanol–water partition coefficient (Wildman–Crippen LogP) is 7.13. The van der Waals surface area contributed by atoms with E-state index in [0.29, 0.717) is 11.8 Å². The van der Waals surface area contributed by atoms with Gasteiger partial charge >= 0.3 is 0 Å². The first kappa shape index (κ1) is 18.6. The van der Waals surface area contributed by atoms with E-state index in [9.17, 15) is 0 Å². The molecule has 0 spiro atoms. The van der Waals surface area contributed by atoms with E-state index in [0.717, 1.165) is 0 Å². The maximum atomic E-state index is 4.79. The number of hydrogen-bond donors (Lipinski definition) is 1. The lowest BCUT2D eigenvalue weighted by Gasteiger charge is -2.18. The van der Waals surface area contributed by atoms with E-state index in [-0.39, 0.29) is 0 Å². The van der Waals surface area contributed by atoms with Gasteiger partial charge in [0.25, 0.3) is 0 Å². The van der Waals surface area contributed by atoms with Gasteiger partial charge in [-0.25, -0.2) is 0 Å². The number of hydrogen-bond acceptors (Lipinski definition) is 1. The molecule has 0 aliphatic rings. The Hall–Kier alpha value is -0.430. The van der Waals surface area contributed by atoms with Gasteiger partial charge < -0.3 is 0 Å². The summed E-state index contributed by atoms with van der Waals surface area (Å²) in [5.41, 5.74) is 4.35. The topological polar surface area (TPSA) is 0 Å². The van der Waals surface area contributed by atoms with E-state index < -0.39 is 0 Å². The molecule has 0 fully saturated rings. The molecule has 0 atom stereocenters. The minimum atomic E-state index is 0.555. The van der Waals surface area contributed by atoms with Crippen molar-refractivity contribution in [3.05, 3.63) is 28.8 Å². The Kier molecular flexibility index (Phi) is 8.48. The maximum absolute atomic E-state index is 4.79. The van der Waals surface area contributed by atoms with Crippen molar-refractivity contribution in [3.8, 4) is 0 Å². The normalized spacial score (nSPS) is 11.6. The zero-order valence-electron chi connectivity index (χ0n) is 14.7. The molecule has 0 aliphatic heterocycles. The summed E-state index contributed by atoms with van der Waals surface area (Å²) < 4.78 is 0. The summed E-state index contributed by atoms with van der Waals surface area (Å²) in [7, 11) is 0. The maximum Gasteiger partial charge on any atom is 0.0110 e. The molecule has 0 bridgehead atoms. The number of rotatable bonds is 9. The highest BCUT2D eigenvalue weighted by molar-refractivity contribution is 7.80. The molecule has 1 rings (SSSR count). The number of benzene rings is 1. The van der Waals surface area contributed by atoms with Crippen molar-refractivity contribution in [1.82, 2.24) is 0 Å². The molecule has 0 N–H and O–H groups in total. The number of thiol groups is 1. The fraction of sp³-hybridized carbons (Fsp3) is 0.700. The number of aryl methyl sites for hydroxylation is 1. The van der Waals surface area contributed by atoms with Crippen LogP contribution in [0.15, 0.2) is 17.0 Å². The first-order chi connectivity index (χ1) is 9.97. The van der Waals surface area contributed by atoms with E-state index in [4.69, 9.17) is 12.6 Å². The zero-order valence-corrected chi connectivity index (χ0v) is 15.6. The van der Waals surface area contributed by atoms with Gasteiger partial charge in [-0.05, 0) is 41.4 Å². The van der Waals surface area contributed by atoms with E-state index in [1.165, 1.54) is 66.5 Å². The second-order valence-corrected chi connectivity index (χ2v) is 7.40. The molecule has 0 radical (unpaired) electrons. The Labute approximate surface area is 138 Å². The standard InChI is InChI=1S/C20H34S/c1-6-7-8-9-10-11-12-17-13-18(15(2)3)20(21)19(14-17)16(4)5/h13-16,21H,6-12H2,1-5H3. The molecule has 0 heterocycles. The molecule has 0 unspecified atom stereocenters. The fourth-order valence-electron chi connectivity index (χ4n) is 2.88. The summed E-state index contributed by atoms with van der Waals surface area (Å²) in [5.74, 6) is 1.11. The zero-order chi connectivity index (χ0) is 15.8. The highest BCUT2D eigenvalue weighted by Gasteiger charge is 2.13. The molecular weight excluding hydrogens is 272 g/mol. The molecule has 0 aliphatic carbocycles. The van der Waals surface area contributed by atoms with Crippen LogP contribution in [0.3, 0.4) is 0 Å². The van der Waals surface area contributed by atoms with Crippen LogP contribution in [0.1, 0.15) is 102 Å². The van der Waals surface area contributed by atoms with Gasteiger partial charge in [-0.15, -0.1) is 12.6 Å². The van der Waals surface area contributed by atoms with Crippen molar-refractivity contribution >= 4 is 12.6 Å². The molecular formula is C20H34S. The summed E-state index contributed by atoms with van der Waals surface area (Å²) in [6, 6.07) is 4.79. The average molecular weight is 307 g/mol. The quantitative estimate of drug-likeness (QED) is 0.364.